The van der Waals surface area contributed by atoms with Gasteiger partial charge in [-0.05, 0) is 31.9 Å². The van der Waals surface area contributed by atoms with E-state index < -0.39 is 48.0 Å². The molecular formula is C25H31N3O6. The molecule has 2 atom stereocenters. The van der Waals surface area contributed by atoms with Gasteiger partial charge in [0.05, 0.1) is 6.42 Å². The van der Waals surface area contributed by atoms with Gasteiger partial charge in [0.15, 0.2) is 0 Å². The second kappa shape index (κ2) is 12.4. The summed E-state index contributed by atoms with van der Waals surface area (Å²) in [5, 5.41) is 4.91. The number of nitrogens with two attached hydrogens (primary N) is 1. The average Bonchev–Trinajstić information content (AvgIpc) is 2.76. The lowest BCUT2D eigenvalue weighted by Crippen LogP contribution is -2.50. The zero-order chi connectivity index (χ0) is 25.1. The molecule has 4 N–H and O–H groups in total. The van der Waals surface area contributed by atoms with Gasteiger partial charge < -0.3 is 25.8 Å². The molecule has 0 heterocycles. The molecule has 2 rings (SSSR count). The van der Waals surface area contributed by atoms with Crippen molar-refractivity contribution in [1.82, 2.24) is 10.6 Å². The highest BCUT2D eigenvalue weighted by atomic mass is 16.6. The third-order valence-corrected chi connectivity index (χ3v) is 4.55. The maximum Gasteiger partial charge on any atom is 0.408 e. The topological polar surface area (TPSA) is 137 Å². The Morgan fingerprint density at radius 1 is 0.853 bits per heavy atom. The van der Waals surface area contributed by atoms with E-state index in [0.717, 1.165) is 11.1 Å². The number of esters is 1. The summed E-state index contributed by atoms with van der Waals surface area (Å²) >= 11 is 0. The molecule has 0 aliphatic heterocycles. The van der Waals surface area contributed by atoms with Crippen LogP contribution in [0, 0.1) is 0 Å². The van der Waals surface area contributed by atoms with Gasteiger partial charge >= 0.3 is 12.1 Å². The summed E-state index contributed by atoms with van der Waals surface area (Å²) in [5.74, 6) is -2.19. The molecule has 0 saturated carbocycles. The van der Waals surface area contributed by atoms with E-state index in [-0.39, 0.29) is 13.0 Å². The second-order valence-corrected chi connectivity index (χ2v) is 8.71. The summed E-state index contributed by atoms with van der Waals surface area (Å²) in [6.45, 7) is 4.97. The summed E-state index contributed by atoms with van der Waals surface area (Å²) in [7, 11) is 0. The van der Waals surface area contributed by atoms with E-state index in [0.29, 0.717) is 0 Å². The number of carbonyl (C=O) groups excluding carboxylic acids is 4. The van der Waals surface area contributed by atoms with Crippen LogP contribution in [0.3, 0.4) is 0 Å². The molecule has 0 saturated heterocycles. The minimum Gasteiger partial charge on any atom is -0.459 e. The minimum atomic E-state index is -1.33. The number of ether oxygens (including phenoxy) is 2. The first-order valence-electron chi connectivity index (χ1n) is 10.9. The van der Waals surface area contributed by atoms with Gasteiger partial charge in [0.2, 0.25) is 11.8 Å². The molecule has 0 aliphatic carbocycles. The van der Waals surface area contributed by atoms with E-state index in [2.05, 4.69) is 10.6 Å². The molecule has 182 valence electrons. The van der Waals surface area contributed by atoms with Crippen molar-refractivity contribution < 1.29 is 28.7 Å². The van der Waals surface area contributed by atoms with E-state index in [1.54, 1.807) is 69.3 Å². The Hall–Kier alpha value is -3.88. The van der Waals surface area contributed by atoms with Crippen LogP contribution in [0.15, 0.2) is 60.7 Å². The number of nitrogens with one attached hydrogen (secondary N) is 2. The van der Waals surface area contributed by atoms with Crippen LogP contribution in [0.4, 0.5) is 4.79 Å². The standard InChI is InChI=1S/C25H31N3O6/c1-25(2,3)34-24(32)28-20(23(31)33-16-18-12-8-5-9-13-18)15-21(29)27-19(22(26)30)14-17-10-6-4-7-11-17/h4-13,19-20H,14-16H2,1-3H3,(H2,26,30)(H,27,29)(H,28,32)/t19-,20-/m0/s1. The molecule has 9 heteroatoms. The van der Waals surface area contributed by atoms with Crippen molar-refractivity contribution in [3.05, 3.63) is 71.8 Å². The van der Waals surface area contributed by atoms with Gasteiger partial charge in [-0.2, -0.15) is 0 Å². The van der Waals surface area contributed by atoms with Crippen molar-refractivity contribution in [1.29, 1.82) is 0 Å². The molecule has 0 radical (unpaired) electrons. The third kappa shape index (κ3) is 9.72. The van der Waals surface area contributed by atoms with Crippen LogP contribution in [-0.4, -0.2) is 41.6 Å². The van der Waals surface area contributed by atoms with Gasteiger partial charge in [0.25, 0.3) is 0 Å². The first-order valence-corrected chi connectivity index (χ1v) is 10.9. The van der Waals surface area contributed by atoms with E-state index in [4.69, 9.17) is 15.2 Å². The highest BCUT2D eigenvalue weighted by Gasteiger charge is 2.29. The molecule has 9 nitrogen and oxygen atoms in total. The number of benzene rings is 2. The molecule has 0 unspecified atom stereocenters. The number of primary amides is 1. The Morgan fingerprint density at radius 2 is 1.41 bits per heavy atom. The molecule has 34 heavy (non-hydrogen) atoms. The molecule has 0 spiro atoms. The van der Waals surface area contributed by atoms with Crippen LogP contribution in [0.1, 0.15) is 38.3 Å². The second-order valence-electron chi connectivity index (χ2n) is 8.71. The van der Waals surface area contributed by atoms with Crippen molar-refractivity contribution >= 4 is 23.9 Å². The summed E-state index contributed by atoms with van der Waals surface area (Å²) in [5.41, 5.74) is 6.19. The molecule has 2 aromatic carbocycles. The predicted molar refractivity (Wildman–Crippen MR) is 125 cm³/mol. The van der Waals surface area contributed by atoms with Crippen molar-refractivity contribution in [3.8, 4) is 0 Å². The fourth-order valence-corrected chi connectivity index (χ4v) is 2.98. The number of rotatable bonds is 10. The number of carbonyl (C=O) groups is 4. The lowest BCUT2D eigenvalue weighted by atomic mass is 10.0. The van der Waals surface area contributed by atoms with Gasteiger partial charge in [-0.25, -0.2) is 9.59 Å². The van der Waals surface area contributed by atoms with Gasteiger partial charge in [-0.15, -0.1) is 0 Å². The average molecular weight is 470 g/mol. The normalized spacial score (nSPS) is 12.7. The van der Waals surface area contributed by atoms with Crippen molar-refractivity contribution in [2.75, 3.05) is 0 Å². The van der Waals surface area contributed by atoms with Gasteiger partial charge in [-0.1, -0.05) is 60.7 Å². The monoisotopic (exact) mass is 469 g/mol. The summed E-state index contributed by atoms with van der Waals surface area (Å²) < 4.78 is 10.5. The molecule has 0 aliphatic rings. The largest absolute Gasteiger partial charge is 0.459 e. The van der Waals surface area contributed by atoms with E-state index in [9.17, 15) is 19.2 Å². The van der Waals surface area contributed by atoms with Crippen molar-refractivity contribution in [2.45, 2.75) is 57.9 Å². The van der Waals surface area contributed by atoms with Crippen molar-refractivity contribution in [3.63, 3.8) is 0 Å². The van der Waals surface area contributed by atoms with Gasteiger partial charge in [-0.3, -0.25) is 9.59 Å². The maximum absolute atomic E-state index is 12.7. The minimum absolute atomic E-state index is 0.0360. The molecular weight excluding hydrogens is 438 g/mol. The smallest absolute Gasteiger partial charge is 0.408 e. The third-order valence-electron chi connectivity index (χ3n) is 4.55. The van der Waals surface area contributed by atoms with Gasteiger partial charge in [0, 0.05) is 6.42 Å². The van der Waals surface area contributed by atoms with Crippen LogP contribution in [0.25, 0.3) is 0 Å². The first kappa shape index (κ1) is 26.4. The zero-order valence-corrected chi connectivity index (χ0v) is 19.6. The van der Waals surface area contributed by atoms with Crippen LogP contribution >= 0.6 is 0 Å². The molecule has 0 bridgehead atoms. The first-order chi connectivity index (χ1) is 16.0. The Balaban J connectivity index is 2.06. The predicted octanol–water partition coefficient (Wildman–Crippen LogP) is 2.23. The highest BCUT2D eigenvalue weighted by Crippen LogP contribution is 2.09. The van der Waals surface area contributed by atoms with E-state index in [1.807, 2.05) is 12.1 Å². The fourth-order valence-electron chi connectivity index (χ4n) is 2.98. The molecule has 0 fully saturated rings. The summed E-state index contributed by atoms with van der Waals surface area (Å²) in [6.07, 6.45) is -1.16. The van der Waals surface area contributed by atoms with Gasteiger partial charge in [0.1, 0.15) is 24.3 Å². The lowest BCUT2D eigenvalue weighted by molar-refractivity contribution is -0.149. The number of hydrogen-bond donors (Lipinski definition) is 3. The Morgan fingerprint density at radius 3 is 1.94 bits per heavy atom. The highest BCUT2D eigenvalue weighted by molar-refractivity contribution is 5.91. The summed E-state index contributed by atoms with van der Waals surface area (Å²) in [4.78, 5) is 49.5. The van der Waals surface area contributed by atoms with Crippen LogP contribution in [0.5, 0.6) is 0 Å². The summed E-state index contributed by atoms with van der Waals surface area (Å²) in [6, 6.07) is 15.7. The van der Waals surface area contributed by atoms with Crippen LogP contribution < -0.4 is 16.4 Å². The zero-order valence-electron chi connectivity index (χ0n) is 19.6. The number of amides is 3. The lowest BCUT2D eigenvalue weighted by Gasteiger charge is -2.23. The fraction of sp³-hybridized carbons (Fsp3) is 0.360. The SMILES string of the molecule is CC(C)(C)OC(=O)N[C@@H](CC(=O)N[C@@H](Cc1ccccc1)C(N)=O)C(=O)OCc1ccccc1. The Labute approximate surface area is 199 Å². The maximum atomic E-state index is 12.7. The van der Waals surface area contributed by atoms with Crippen molar-refractivity contribution in [2.24, 2.45) is 5.73 Å². The van der Waals surface area contributed by atoms with E-state index >= 15 is 0 Å². The van der Waals surface area contributed by atoms with Crippen LogP contribution in [-0.2, 0) is 36.9 Å². The quantitative estimate of drug-likeness (QED) is 0.457. The molecule has 2 aromatic rings. The molecule has 0 aromatic heterocycles. The Bertz CT molecular complexity index is 973. The van der Waals surface area contributed by atoms with E-state index in [1.165, 1.54) is 0 Å². The number of alkyl carbamates (subject to hydrolysis) is 1. The molecule has 3 amide bonds. The Kier molecular flexibility index (Phi) is 9.61. The number of hydrogen-bond acceptors (Lipinski definition) is 6. The van der Waals surface area contributed by atoms with Crippen LogP contribution in [0.2, 0.25) is 0 Å².